The lowest BCUT2D eigenvalue weighted by molar-refractivity contribution is -0.118. The standard InChI is InChI=1S/C18H22N2O4S/c1-13(2)14-3-9-17(10-4-14)25(22,23)20-15-5-7-16(8-6-15)24-12-11-18(19)21/h3-10,13,20H,11-12H2,1-2H3,(H2,19,21). The number of anilines is 1. The predicted molar refractivity (Wildman–Crippen MR) is 97.1 cm³/mol. The van der Waals surface area contributed by atoms with E-state index in [1.54, 1.807) is 36.4 Å². The second kappa shape index (κ2) is 8.02. The Bertz CT molecular complexity index is 813. The molecule has 6 nitrogen and oxygen atoms in total. The molecule has 7 heteroatoms. The number of rotatable bonds is 8. The molecule has 0 radical (unpaired) electrons. The highest BCUT2D eigenvalue weighted by Gasteiger charge is 2.14. The molecule has 0 bridgehead atoms. The number of primary amides is 1. The monoisotopic (exact) mass is 362 g/mol. The van der Waals surface area contributed by atoms with Crippen LogP contribution in [0.25, 0.3) is 0 Å². The summed E-state index contributed by atoms with van der Waals surface area (Å²) >= 11 is 0. The van der Waals surface area contributed by atoms with Crippen molar-refractivity contribution >= 4 is 21.6 Å². The van der Waals surface area contributed by atoms with Gasteiger partial charge in [-0.2, -0.15) is 0 Å². The third-order valence-electron chi connectivity index (χ3n) is 3.58. The lowest BCUT2D eigenvalue weighted by atomic mass is 10.0. The molecule has 1 amide bonds. The molecule has 0 aliphatic carbocycles. The number of nitrogens with two attached hydrogens (primary N) is 1. The smallest absolute Gasteiger partial charge is 0.261 e. The third-order valence-corrected chi connectivity index (χ3v) is 4.98. The first-order valence-corrected chi connectivity index (χ1v) is 9.40. The zero-order valence-electron chi connectivity index (χ0n) is 14.2. The summed E-state index contributed by atoms with van der Waals surface area (Å²) in [5, 5.41) is 0. The van der Waals surface area contributed by atoms with Crippen molar-refractivity contribution < 1.29 is 17.9 Å². The molecule has 3 N–H and O–H groups in total. The van der Waals surface area contributed by atoms with Gasteiger partial charge in [-0.05, 0) is 47.9 Å². The number of sulfonamides is 1. The van der Waals surface area contributed by atoms with Crippen molar-refractivity contribution in [2.24, 2.45) is 5.73 Å². The molecule has 0 aliphatic rings. The van der Waals surface area contributed by atoms with Gasteiger partial charge in [-0.25, -0.2) is 8.42 Å². The zero-order chi connectivity index (χ0) is 18.4. The minimum Gasteiger partial charge on any atom is -0.493 e. The number of hydrogen-bond donors (Lipinski definition) is 2. The van der Waals surface area contributed by atoms with Crippen LogP contribution in [-0.4, -0.2) is 20.9 Å². The summed E-state index contributed by atoms with van der Waals surface area (Å²) in [6.07, 6.45) is 0.126. The maximum Gasteiger partial charge on any atom is 0.261 e. The first-order chi connectivity index (χ1) is 11.8. The van der Waals surface area contributed by atoms with Gasteiger partial charge in [-0.15, -0.1) is 0 Å². The fourth-order valence-corrected chi connectivity index (χ4v) is 3.19. The van der Waals surface area contributed by atoms with Crippen LogP contribution in [0.5, 0.6) is 5.75 Å². The van der Waals surface area contributed by atoms with Crippen molar-refractivity contribution in [2.75, 3.05) is 11.3 Å². The molecule has 2 rings (SSSR count). The first kappa shape index (κ1) is 18.8. The SMILES string of the molecule is CC(C)c1ccc(S(=O)(=O)Nc2ccc(OCCC(N)=O)cc2)cc1. The molecular weight excluding hydrogens is 340 g/mol. The highest BCUT2D eigenvalue weighted by Crippen LogP contribution is 2.21. The lowest BCUT2D eigenvalue weighted by Crippen LogP contribution is -2.14. The third kappa shape index (κ3) is 5.49. The quantitative estimate of drug-likeness (QED) is 0.754. The molecular formula is C18H22N2O4S. The molecule has 134 valence electrons. The molecule has 0 saturated heterocycles. The number of benzene rings is 2. The average Bonchev–Trinajstić information content (AvgIpc) is 2.56. The Labute approximate surface area is 148 Å². The van der Waals surface area contributed by atoms with Gasteiger partial charge in [0.05, 0.1) is 17.9 Å². The van der Waals surface area contributed by atoms with Gasteiger partial charge in [-0.1, -0.05) is 26.0 Å². The number of hydrogen-bond acceptors (Lipinski definition) is 4. The molecule has 2 aromatic carbocycles. The van der Waals surface area contributed by atoms with Gasteiger partial charge < -0.3 is 10.5 Å². The van der Waals surface area contributed by atoms with Crippen LogP contribution in [-0.2, 0) is 14.8 Å². The van der Waals surface area contributed by atoms with Crippen LogP contribution in [0.4, 0.5) is 5.69 Å². The maximum atomic E-state index is 12.4. The van der Waals surface area contributed by atoms with Gasteiger partial charge in [0.25, 0.3) is 10.0 Å². The number of ether oxygens (including phenoxy) is 1. The van der Waals surface area contributed by atoms with E-state index in [1.807, 2.05) is 12.1 Å². The molecule has 0 spiro atoms. The van der Waals surface area contributed by atoms with E-state index in [0.717, 1.165) is 5.56 Å². The molecule has 2 aromatic rings. The Morgan fingerprint density at radius 3 is 2.20 bits per heavy atom. The fourth-order valence-electron chi connectivity index (χ4n) is 2.13. The van der Waals surface area contributed by atoms with Crippen molar-refractivity contribution in [1.82, 2.24) is 0 Å². The van der Waals surface area contributed by atoms with E-state index in [0.29, 0.717) is 17.4 Å². The summed E-state index contributed by atoms with van der Waals surface area (Å²) in [7, 11) is -3.65. The second-order valence-corrected chi connectivity index (χ2v) is 7.60. The van der Waals surface area contributed by atoms with Gasteiger partial charge in [0.2, 0.25) is 5.91 Å². The molecule has 0 aliphatic heterocycles. The van der Waals surface area contributed by atoms with Gasteiger partial charge in [0, 0.05) is 5.69 Å². The second-order valence-electron chi connectivity index (χ2n) is 5.92. The van der Waals surface area contributed by atoms with Crippen LogP contribution in [0, 0.1) is 0 Å². The van der Waals surface area contributed by atoms with Crippen LogP contribution in [0.15, 0.2) is 53.4 Å². The van der Waals surface area contributed by atoms with E-state index in [-0.39, 0.29) is 17.9 Å². The molecule has 0 aromatic heterocycles. The largest absolute Gasteiger partial charge is 0.493 e. The predicted octanol–water partition coefficient (Wildman–Crippen LogP) is 2.87. The van der Waals surface area contributed by atoms with Crippen molar-refractivity contribution in [3.63, 3.8) is 0 Å². The summed E-state index contributed by atoms with van der Waals surface area (Å²) in [6.45, 7) is 4.28. The number of carbonyl (C=O) groups excluding carboxylic acids is 1. The van der Waals surface area contributed by atoms with E-state index < -0.39 is 15.9 Å². The molecule has 0 atom stereocenters. The highest BCUT2D eigenvalue weighted by molar-refractivity contribution is 7.92. The van der Waals surface area contributed by atoms with Crippen molar-refractivity contribution in [2.45, 2.75) is 31.1 Å². The summed E-state index contributed by atoms with van der Waals surface area (Å²) < 4.78 is 32.7. The average molecular weight is 362 g/mol. The minimum atomic E-state index is -3.65. The zero-order valence-corrected chi connectivity index (χ0v) is 15.0. The maximum absolute atomic E-state index is 12.4. The van der Waals surface area contributed by atoms with Gasteiger partial charge in [-0.3, -0.25) is 9.52 Å². The van der Waals surface area contributed by atoms with E-state index in [2.05, 4.69) is 18.6 Å². The van der Waals surface area contributed by atoms with Crippen LogP contribution in [0.3, 0.4) is 0 Å². The van der Waals surface area contributed by atoms with E-state index >= 15 is 0 Å². The van der Waals surface area contributed by atoms with Crippen LogP contribution in [0.1, 0.15) is 31.7 Å². The van der Waals surface area contributed by atoms with E-state index in [1.165, 1.54) is 0 Å². The van der Waals surface area contributed by atoms with Gasteiger partial charge >= 0.3 is 0 Å². The van der Waals surface area contributed by atoms with Crippen LogP contribution < -0.4 is 15.2 Å². The fraction of sp³-hybridized carbons (Fsp3) is 0.278. The Morgan fingerprint density at radius 2 is 1.68 bits per heavy atom. The van der Waals surface area contributed by atoms with Crippen molar-refractivity contribution in [1.29, 1.82) is 0 Å². The Kier molecular flexibility index (Phi) is 6.03. The number of carbonyl (C=O) groups is 1. The highest BCUT2D eigenvalue weighted by atomic mass is 32.2. The van der Waals surface area contributed by atoms with E-state index in [9.17, 15) is 13.2 Å². The molecule has 0 saturated carbocycles. The summed E-state index contributed by atoms with van der Waals surface area (Å²) in [5.41, 5.74) is 6.54. The lowest BCUT2D eigenvalue weighted by Gasteiger charge is -2.11. The van der Waals surface area contributed by atoms with E-state index in [4.69, 9.17) is 10.5 Å². The summed E-state index contributed by atoms with van der Waals surface area (Å²) in [5.74, 6) is 0.435. The van der Waals surface area contributed by atoms with Crippen molar-refractivity contribution in [3.05, 3.63) is 54.1 Å². The number of nitrogens with one attached hydrogen (secondary N) is 1. The normalized spacial score (nSPS) is 11.3. The summed E-state index contributed by atoms with van der Waals surface area (Å²) in [4.78, 5) is 10.9. The number of amides is 1. The Morgan fingerprint density at radius 1 is 1.08 bits per heavy atom. The van der Waals surface area contributed by atoms with Crippen LogP contribution in [0.2, 0.25) is 0 Å². The summed E-state index contributed by atoms with van der Waals surface area (Å²) in [6, 6.07) is 13.3. The Balaban J connectivity index is 2.03. The molecule has 0 unspecified atom stereocenters. The van der Waals surface area contributed by atoms with Gasteiger partial charge in [0.15, 0.2) is 0 Å². The van der Waals surface area contributed by atoms with Crippen LogP contribution >= 0.6 is 0 Å². The Hall–Kier alpha value is -2.54. The van der Waals surface area contributed by atoms with Crippen molar-refractivity contribution in [3.8, 4) is 5.75 Å². The molecule has 0 heterocycles. The minimum absolute atomic E-state index is 0.126. The molecule has 0 fully saturated rings. The molecule has 25 heavy (non-hydrogen) atoms. The van der Waals surface area contributed by atoms with Gasteiger partial charge in [0.1, 0.15) is 5.75 Å². The first-order valence-electron chi connectivity index (χ1n) is 7.92. The topological polar surface area (TPSA) is 98.5 Å².